The average Bonchev–Trinajstić information content (AvgIpc) is 3.32. The molecule has 4 rings (SSSR count). The maximum atomic E-state index is 12.8. The summed E-state index contributed by atoms with van der Waals surface area (Å²) in [6.07, 6.45) is 5.41. The highest BCUT2D eigenvalue weighted by atomic mass is 16.5. The van der Waals surface area contributed by atoms with Gasteiger partial charge < -0.3 is 15.2 Å². The van der Waals surface area contributed by atoms with E-state index in [0.717, 1.165) is 34.4 Å². The fourth-order valence-electron chi connectivity index (χ4n) is 3.82. The maximum absolute atomic E-state index is 12.8. The predicted octanol–water partition coefficient (Wildman–Crippen LogP) is 4.95. The number of hydrogen-bond acceptors (Lipinski definition) is 6. The van der Waals surface area contributed by atoms with Crippen molar-refractivity contribution >= 4 is 11.6 Å². The van der Waals surface area contributed by atoms with Crippen molar-refractivity contribution < 1.29 is 14.6 Å². The van der Waals surface area contributed by atoms with Gasteiger partial charge in [0, 0.05) is 24.5 Å². The molecule has 1 amide bonds. The van der Waals surface area contributed by atoms with E-state index < -0.39 is 5.60 Å². The Bertz CT molecular complexity index is 1310. The van der Waals surface area contributed by atoms with Crippen LogP contribution in [0.2, 0.25) is 0 Å². The van der Waals surface area contributed by atoms with Crippen molar-refractivity contribution in [2.45, 2.75) is 45.6 Å². The Kier molecular flexibility index (Phi) is 7.75. The average molecular weight is 486 g/mol. The molecule has 0 saturated heterocycles. The van der Waals surface area contributed by atoms with Crippen LogP contribution in [0.1, 0.15) is 54.3 Å². The number of hydrogen-bond donors (Lipinski definition) is 3. The summed E-state index contributed by atoms with van der Waals surface area (Å²) in [5, 5.41) is 19.6. The first kappa shape index (κ1) is 25.1. The van der Waals surface area contributed by atoms with E-state index in [1.807, 2.05) is 61.5 Å². The lowest BCUT2D eigenvalue weighted by molar-refractivity contribution is 0.0641. The first-order chi connectivity index (χ1) is 17.3. The molecule has 4 aromatic rings. The molecular formula is C28H31N5O3. The van der Waals surface area contributed by atoms with Gasteiger partial charge in [-0.2, -0.15) is 0 Å². The smallest absolute Gasteiger partial charge is 0.295 e. The van der Waals surface area contributed by atoms with Crippen molar-refractivity contribution in [2.24, 2.45) is 0 Å². The number of pyridine rings is 1. The van der Waals surface area contributed by atoms with E-state index in [1.165, 1.54) is 0 Å². The number of amides is 1. The number of H-pyrrole nitrogens is 1. The minimum Gasteiger partial charge on any atom is -0.494 e. The first-order valence-electron chi connectivity index (χ1n) is 11.9. The van der Waals surface area contributed by atoms with E-state index in [9.17, 15) is 9.90 Å². The van der Waals surface area contributed by atoms with Gasteiger partial charge in [-0.25, -0.2) is 4.98 Å². The molecule has 0 saturated carbocycles. The number of carbonyl (C=O) groups excluding carboxylic acids is 1. The molecule has 0 atom stereocenters. The highest BCUT2D eigenvalue weighted by Gasteiger charge is 2.15. The van der Waals surface area contributed by atoms with Gasteiger partial charge in [-0.05, 0) is 86.2 Å². The molecule has 0 unspecified atom stereocenters. The van der Waals surface area contributed by atoms with Crippen molar-refractivity contribution in [3.8, 4) is 16.9 Å². The third kappa shape index (κ3) is 6.99. The van der Waals surface area contributed by atoms with Crippen molar-refractivity contribution in [3.05, 3.63) is 89.8 Å². The van der Waals surface area contributed by atoms with Gasteiger partial charge in [-0.15, -0.1) is 5.10 Å². The van der Waals surface area contributed by atoms with Crippen LogP contribution in [0.4, 0.5) is 5.69 Å². The van der Waals surface area contributed by atoms with Crippen molar-refractivity contribution in [3.63, 3.8) is 0 Å². The number of nitrogens with one attached hydrogen (secondary N) is 2. The molecule has 0 spiro atoms. The lowest BCUT2D eigenvalue weighted by Crippen LogP contribution is -2.19. The molecule has 3 N–H and O–H groups in total. The molecular weight excluding hydrogens is 454 g/mol. The monoisotopic (exact) mass is 485 g/mol. The number of aromatic nitrogens is 4. The number of aromatic amines is 1. The number of aliphatic hydroxyl groups is 1. The second-order valence-corrected chi connectivity index (χ2v) is 9.42. The van der Waals surface area contributed by atoms with Gasteiger partial charge in [0.05, 0.1) is 12.2 Å². The summed E-state index contributed by atoms with van der Waals surface area (Å²) >= 11 is 0. The number of anilines is 1. The van der Waals surface area contributed by atoms with Crippen molar-refractivity contribution in [1.29, 1.82) is 0 Å². The minimum absolute atomic E-state index is 0.0805. The molecule has 186 valence electrons. The Morgan fingerprint density at radius 2 is 2.00 bits per heavy atom. The Morgan fingerprint density at radius 3 is 2.78 bits per heavy atom. The third-order valence-corrected chi connectivity index (χ3v) is 5.67. The van der Waals surface area contributed by atoms with Gasteiger partial charge in [-0.3, -0.25) is 14.9 Å². The summed E-state index contributed by atoms with van der Waals surface area (Å²) < 4.78 is 5.91. The quantitative estimate of drug-likeness (QED) is 0.274. The number of ether oxygens (including phenoxy) is 1. The van der Waals surface area contributed by atoms with Crippen molar-refractivity contribution in [2.75, 3.05) is 11.9 Å². The lowest BCUT2D eigenvalue weighted by atomic mass is 9.99. The second kappa shape index (κ2) is 11.1. The van der Waals surface area contributed by atoms with Crippen molar-refractivity contribution in [1.82, 2.24) is 20.2 Å². The second-order valence-electron chi connectivity index (χ2n) is 9.42. The third-order valence-electron chi connectivity index (χ3n) is 5.67. The van der Waals surface area contributed by atoms with Crippen LogP contribution in [0.5, 0.6) is 5.75 Å². The largest absolute Gasteiger partial charge is 0.494 e. The molecule has 0 fully saturated rings. The minimum atomic E-state index is -0.695. The van der Waals surface area contributed by atoms with Crippen LogP contribution in [0.25, 0.3) is 11.1 Å². The normalized spacial score (nSPS) is 11.3. The molecule has 0 bridgehead atoms. The Hall–Kier alpha value is -4.04. The molecule has 0 aliphatic carbocycles. The molecule has 2 heterocycles. The molecule has 2 aromatic carbocycles. The van der Waals surface area contributed by atoms with E-state index in [2.05, 4.69) is 25.5 Å². The van der Waals surface area contributed by atoms with Crippen LogP contribution < -0.4 is 10.1 Å². The summed E-state index contributed by atoms with van der Waals surface area (Å²) in [5.74, 6) is 1.05. The fourth-order valence-corrected chi connectivity index (χ4v) is 3.82. The maximum Gasteiger partial charge on any atom is 0.295 e. The Labute approximate surface area is 210 Å². The standard InChI is InChI=1S/C28H31N5O3/c1-19-10-11-23(36-14-6-12-28(2,3)35)17-24(19)21-8-4-9-22(16-21)30-27(34)26-31-25(32-33-26)15-20-7-5-13-29-18-20/h4-5,7-11,13,16-18,35H,6,12,14-15H2,1-3H3,(H,30,34)(H,31,32,33). The molecule has 2 aromatic heterocycles. The van der Waals surface area contributed by atoms with Crippen LogP contribution in [-0.2, 0) is 6.42 Å². The van der Waals surface area contributed by atoms with Crippen LogP contribution in [0.15, 0.2) is 67.0 Å². The van der Waals surface area contributed by atoms with Crippen LogP contribution in [0, 0.1) is 6.92 Å². The topological polar surface area (TPSA) is 113 Å². The Morgan fingerprint density at radius 1 is 1.14 bits per heavy atom. The lowest BCUT2D eigenvalue weighted by Gasteiger charge is -2.17. The zero-order valence-corrected chi connectivity index (χ0v) is 20.8. The number of benzene rings is 2. The number of carbonyl (C=O) groups is 1. The van der Waals surface area contributed by atoms with Gasteiger partial charge in [0.25, 0.3) is 5.91 Å². The van der Waals surface area contributed by atoms with Crippen LogP contribution in [-0.4, -0.2) is 43.4 Å². The fraction of sp³-hybridized carbons (Fsp3) is 0.286. The SMILES string of the molecule is Cc1ccc(OCCCC(C)(C)O)cc1-c1cccc(NC(=O)c2n[nH]c(Cc3cccnc3)n2)c1. The van der Waals surface area contributed by atoms with Gasteiger partial charge in [0.2, 0.25) is 5.82 Å². The van der Waals surface area contributed by atoms with E-state index in [-0.39, 0.29) is 11.7 Å². The highest BCUT2D eigenvalue weighted by molar-refractivity contribution is 6.01. The molecule has 0 aliphatic rings. The summed E-state index contributed by atoms with van der Waals surface area (Å²) in [5.41, 5.74) is 4.00. The van der Waals surface area contributed by atoms with E-state index in [4.69, 9.17) is 4.74 Å². The van der Waals surface area contributed by atoms with Gasteiger partial charge >= 0.3 is 0 Å². The highest BCUT2D eigenvalue weighted by Crippen LogP contribution is 2.30. The molecule has 0 radical (unpaired) electrons. The van der Waals surface area contributed by atoms with Gasteiger partial charge in [0.1, 0.15) is 11.6 Å². The molecule has 0 aliphatic heterocycles. The first-order valence-corrected chi connectivity index (χ1v) is 11.9. The molecule has 36 heavy (non-hydrogen) atoms. The van der Waals surface area contributed by atoms with Crippen LogP contribution in [0.3, 0.4) is 0 Å². The van der Waals surface area contributed by atoms with Crippen LogP contribution >= 0.6 is 0 Å². The summed E-state index contributed by atoms with van der Waals surface area (Å²) in [7, 11) is 0. The molecule has 8 nitrogen and oxygen atoms in total. The van der Waals surface area contributed by atoms with Gasteiger partial charge in [-0.1, -0.05) is 24.3 Å². The van der Waals surface area contributed by atoms with Gasteiger partial charge in [0.15, 0.2) is 0 Å². The summed E-state index contributed by atoms with van der Waals surface area (Å²) in [6.45, 7) is 6.16. The van der Waals surface area contributed by atoms with E-state index >= 15 is 0 Å². The Balaban J connectivity index is 1.42. The zero-order valence-electron chi connectivity index (χ0n) is 20.8. The zero-order chi connectivity index (χ0) is 25.5. The van der Waals surface area contributed by atoms with E-state index in [0.29, 0.717) is 31.0 Å². The van der Waals surface area contributed by atoms with E-state index in [1.54, 1.807) is 26.2 Å². The number of aryl methyl sites for hydroxylation is 1. The molecule has 8 heteroatoms. The predicted molar refractivity (Wildman–Crippen MR) is 139 cm³/mol. The summed E-state index contributed by atoms with van der Waals surface area (Å²) in [6, 6.07) is 17.4. The number of nitrogens with zero attached hydrogens (tertiary/aromatic N) is 3. The summed E-state index contributed by atoms with van der Waals surface area (Å²) in [4.78, 5) is 21.2. The number of rotatable bonds is 10.